The van der Waals surface area contributed by atoms with Gasteiger partial charge in [-0.25, -0.2) is 0 Å². The van der Waals surface area contributed by atoms with Crippen molar-refractivity contribution in [3.8, 4) is 0 Å². The zero-order chi connectivity index (χ0) is 14.5. The minimum absolute atomic E-state index is 0.229. The van der Waals surface area contributed by atoms with Gasteiger partial charge in [0.25, 0.3) is 0 Å². The van der Waals surface area contributed by atoms with Crippen molar-refractivity contribution in [3.63, 3.8) is 0 Å². The summed E-state index contributed by atoms with van der Waals surface area (Å²) in [4.78, 5) is 2.63. The molecule has 118 valence electrons. The van der Waals surface area contributed by atoms with Crippen LogP contribution in [0.25, 0.3) is 0 Å². The van der Waals surface area contributed by atoms with Crippen LogP contribution in [0.2, 0.25) is 0 Å². The molecule has 0 aromatic carbocycles. The summed E-state index contributed by atoms with van der Waals surface area (Å²) in [6.45, 7) is 10.2. The lowest BCUT2D eigenvalue weighted by atomic mass is 9.78. The molecule has 0 bridgehead atoms. The van der Waals surface area contributed by atoms with Crippen LogP contribution in [0.15, 0.2) is 0 Å². The van der Waals surface area contributed by atoms with Gasteiger partial charge in [-0.05, 0) is 26.7 Å². The van der Waals surface area contributed by atoms with E-state index in [1.54, 1.807) is 7.11 Å². The van der Waals surface area contributed by atoms with Gasteiger partial charge in [0.05, 0.1) is 19.8 Å². The zero-order valence-corrected chi connectivity index (χ0v) is 13.5. The van der Waals surface area contributed by atoms with Crippen molar-refractivity contribution in [3.05, 3.63) is 0 Å². The molecule has 4 nitrogen and oxygen atoms in total. The molecule has 0 aromatic heterocycles. The summed E-state index contributed by atoms with van der Waals surface area (Å²) in [6, 6.07) is 0. The number of piperazine rings is 1. The fraction of sp³-hybridized carbons (Fsp3) is 1.00. The Hall–Kier alpha value is -0.160. The van der Waals surface area contributed by atoms with E-state index in [1.165, 1.54) is 38.6 Å². The molecule has 1 saturated carbocycles. The van der Waals surface area contributed by atoms with Crippen molar-refractivity contribution in [1.82, 2.24) is 10.2 Å². The van der Waals surface area contributed by atoms with Crippen molar-refractivity contribution < 1.29 is 9.47 Å². The smallest absolute Gasteiger partial charge is 0.0700 e. The Labute approximate surface area is 124 Å². The van der Waals surface area contributed by atoms with E-state index >= 15 is 0 Å². The van der Waals surface area contributed by atoms with Crippen molar-refractivity contribution >= 4 is 0 Å². The van der Waals surface area contributed by atoms with Crippen LogP contribution in [0.1, 0.15) is 46.0 Å². The van der Waals surface area contributed by atoms with E-state index in [0.717, 1.165) is 19.7 Å². The first-order valence-electron chi connectivity index (χ1n) is 8.15. The Morgan fingerprint density at radius 2 is 1.80 bits per heavy atom. The highest BCUT2D eigenvalue weighted by atomic mass is 16.5. The van der Waals surface area contributed by atoms with E-state index in [2.05, 4.69) is 24.1 Å². The molecule has 4 heteroatoms. The fourth-order valence-electron chi connectivity index (χ4n) is 3.52. The molecule has 2 fully saturated rings. The molecule has 20 heavy (non-hydrogen) atoms. The third-order valence-corrected chi connectivity index (χ3v) is 4.99. The van der Waals surface area contributed by atoms with Gasteiger partial charge in [-0.1, -0.05) is 19.3 Å². The summed E-state index contributed by atoms with van der Waals surface area (Å²) in [5, 5.41) is 3.86. The standard InChI is InChI=1S/C16H32N2O2/c1-15(2)13-17-16(7-5-4-6-8-16)14-18(15)9-10-20-12-11-19-3/h17H,4-14H2,1-3H3. The number of rotatable bonds is 6. The SMILES string of the molecule is COCCOCCN1CC2(CCCCC2)NCC1(C)C. The molecule has 1 aliphatic heterocycles. The van der Waals surface area contributed by atoms with Crippen molar-refractivity contribution in [2.45, 2.75) is 57.0 Å². The number of nitrogens with zero attached hydrogens (tertiary/aromatic N) is 1. The van der Waals surface area contributed by atoms with E-state index in [0.29, 0.717) is 18.8 Å². The van der Waals surface area contributed by atoms with Crippen molar-refractivity contribution in [1.29, 1.82) is 0 Å². The van der Waals surface area contributed by atoms with Crippen molar-refractivity contribution in [2.24, 2.45) is 0 Å². The largest absolute Gasteiger partial charge is 0.382 e. The number of hydrogen-bond donors (Lipinski definition) is 1. The van der Waals surface area contributed by atoms with E-state index in [9.17, 15) is 0 Å². The van der Waals surface area contributed by atoms with Gasteiger partial charge in [0.1, 0.15) is 0 Å². The number of methoxy groups -OCH3 is 1. The van der Waals surface area contributed by atoms with Gasteiger partial charge in [-0.15, -0.1) is 0 Å². The molecule has 0 aromatic rings. The Bertz CT molecular complexity index is 288. The maximum atomic E-state index is 5.66. The number of nitrogens with one attached hydrogen (secondary N) is 1. The average molecular weight is 284 g/mol. The minimum atomic E-state index is 0.229. The van der Waals surface area contributed by atoms with E-state index in [4.69, 9.17) is 9.47 Å². The van der Waals surface area contributed by atoms with Crippen LogP contribution < -0.4 is 5.32 Å². The van der Waals surface area contributed by atoms with Crippen LogP contribution >= 0.6 is 0 Å². The summed E-state index contributed by atoms with van der Waals surface area (Å²) in [7, 11) is 1.72. The van der Waals surface area contributed by atoms with E-state index < -0.39 is 0 Å². The van der Waals surface area contributed by atoms with Gasteiger partial charge >= 0.3 is 0 Å². The maximum Gasteiger partial charge on any atom is 0.0700 e. The quantitative estimate of drug-likeness (QED) is 0.757. The zero-order valence-electron chi connectivity index (χ0n) is 13.5. The lowest BCUT2D eigenvalue weighted by molar-refractivity contribution is -0.0146. The first-order chi connectivity index (χ1) is 9.58. The predicted octanol–water partition coefficient (Wildman–Crippen LogP) is 2.04. The van der Waals surface area contributed by atoms with Crippen LogP contribution in [0.5, 0.6) is 0 Å². The molecule has 0 atom stereocenters. The number of hydrogen-bond acceptors (Lipinski definition) is 4. The average Bonchev–Trinajstić information content (AvgIpc) is 2.44. The molecule has 1 aliphatic carbocycles. The molecule has 2 aliphatic rings. The Morgan fingerprint density at radius 3 is 2.50 bits per heavy atom. The third kappa shape index (κ3) is 4.17. The molecule has 0 unspecified atom stereocenters. The third-order valence-electron chi connectivity index (χ3n) is 4.99. The van der Waals surface area contributed by atoms with Gasteiger partial charge in [-0.2, -0.15) is 0 Å². The van der Waals surface area contributed by atoms with Crippen LogP contribution in [-0.4, -0.2) is 62.5 Å². The normalized spacial score (nSPS) is 25.9. The van der Waals surface area contributed by atoms with Crippen LogP contribution in [0.3, 0.4) is 0 Å². The summed E-state index contributed by atoms with van der Waals surface area (Å²) in [5.74, 6) is 0. The lowest BCUT2D eigenvalue weighted by Gasteiger charge is -2.53. The highest BCUT2D eigenvalue weighted by Crippen LogP contribution is 2.34. The first kappa shape index (κ1) is 16.2. The predicted molar refractivity (Wildman–Crippen MR) is 82.2 cm³/mol. The second-order valence-electron chi connectivity index (χ2n) is 7.03. The Kier molecular flexibility index (Phi) is 5.84. The Balaban J connectivity index is 1.83. The van der Waals surface area contributed by atoms with Gasteiger partial charge in [0.2, 0.25) is 0 Å². The molecule has 1 heterocycles. The second kappa shape index (κ2) is 7.21. The lowest BCUT2D eigenvalue weighted by Crippen LogP contribution is -2.68. The first-order valence-corrected chi connectivity index (χ1v) is 8.15. The van der Waals surface area contributed by atoms with Gasteiger partial charge in [0.15, 0.2) is 0 Å². The van der Waals surface area contributed by atoms with E-state index in [-0.39, 0.29) is 5.54 Å². The van der Waals surface area contributed by atoms with Crippen LogP contribution in [-0.2, 0) is 9.47 Å². The molecule has 1 saturated heterocycles. The van der Waals surface area contributed by atoms with Gasteiger partial charge in [0, 0.05) is 37.8 Å². The molecule has 1 N–H and O–H groups in total. The second-order valence-corrected chi connectivity index (χ2v) is 7.03. The highest BCUT2D eigenvalue weighted by molar-refractivity contribution is 5.02. The molecule has 1 spiro atoms. The van der Waals surface area contributed by atoms with Crippen LogP contribution in [0, 0.1) is 0 Å². The van der Waals surface area contributed by atoms with Gasteiger partial charge in [-0.3, -0.25) is 4.90 Å². The number of ether oxygens (including phenoxy) is 2. The highest BCUT2D eigenvalue weighted by Gasteiger charge is 2.42. The Morgan fingerprint density at radius 1 is 1.05 bits per heavy atom. The summed E-state index contributed by atoms with van der Waals surface area (Å²) >= 11 is 0. The summed E-state index contributed by atoms with van der Waals surface area (Å²) in [6.07, 6.45) is 6.85. The van der Waals surface area contributed by atoms with Gasteiger partial charge < -0.3 is 14.8 Å². The molecular formula is C16H32N2O2. The minimum Gasteiger partial charge on any atom is -0.382 e. The van der Waals surface area contributed by atoms with E-state index in [1.807, 2.05) is 0 Å². The summed E-state index contributed by atoms with van der Waals surface area (Å²) < 4.78 is 10.7. The maximum absolute atomic E-state index is 5.66. The monoisotopic (exact) mass is 284 g/mol. The molecule has 2 rings (SSSR count). The topological polar surface area (TPSA) is 33.7 Å². The van der Waals surface area contributed by atoms with Crippen molar-refractivity contribution in [2.75, 3.05) is 46.6 Å². The molecular weight excluding hydrogens is 252 g/mol. The fourth-order valence-corrected chi connectivity index (χ4v) is 3.52. The van der Waals surface area contributed by atoms with Crippen LogP contribution in [0.4, 0.5) is 0 Å². The molecule has 0 radical (unpaired) electrons. The molecule has 0 amide bonds. The summed E-state index contributed by atoms with van der Waals surface area (Å²) in [5.41, 5.74) is 0.605.